The first-order valence-corrected chi connectivity index (χ1v) is 5.40. The third-order valence-corrected chi connectivity index (χ3v) is 2.07. The van der Waals surface area contributed by atoms with E-state index in [2.05, 4.69) is 15.3 Å². The molecular formula is C11H19N3O2. The van der Waals surface area contributed by atoms with E-state index in [0.717, 1.165) is 5.69 Å². The molecule has 0 amide bonds. The largest absolute Gasteiger partial charge is 0.478 e. The summed E-state index contributed by atoms with van der Waals surface area (Å²) in [6.07, 6.45) is 0.125. The van der Waals surface area contributed by atoms with Gasteiger partial charge in [0.1, 0.15) is 0 Å². The Bertz CT molecular complexity index is 331. The Kier molecular flexibility index (Phi) is 4.98. The first-order chi connectivity index (χ1) is 7.65. The molecule has 0 radical (unpaired) electrons. The fourth-order valence-corrected chi connectivity index (χ4v) is 1.16. The minimum atomic E-state index is 0.125. The van der Waals surface area contributed by atoms with Crippen LogP contribution in [0.25, 0.3) is 0 Å². The quantitative estimate of drug-likeness (QED) is 0.797. The average molecular weight is 225 g/mol. The Morgan fingerprint density at radius 2 is 2.19 bits per heavy atom. The van der Waals surface area contributed by atoms with Gasteiger partial charge in [0.05, 0.1) is 12.7 Å². The second-order valence-electron chi connectivity index (χ2n) is 3.53. The van der Waals surface area contributed by atoms with Crippen molar-refractivity contribution in [1.29, 1.82) is 0 Å². The molecule has 0 bridgehead atoms. The number of aromatic nitrogens is 2. The molecule has 16 heavy (non-hydrogen) atoms. The summed E-state index contributed by atoms with van der Waals surface area (Å²) in [5.41, 5.74) is 0.881. The van der Waals surface area contributed by atoms with E-state index in [9.17, 15) is 0 Å². The van der Waals surface area contributed by atoms with Crippen LogP contribution in [0, 0.1) is 6.92 Å². The normalized spacial score (nSPS) is 12.2. The zero-order valence-electron chi connectivity index (χ0n) is 10.3. The van der Waals surface area contributed by atoms with Crippen LogP contribution in [-0.2, 0) is 4.74 Å². The molecule has 0 spiro atoms. The molecule has 1 heterocycles. The third-order valence-electron chi connectivity index (χ3n) is 2.07. The van der Waals surface area contributed by atoms with Crippen LogP contribution in [0.2, 0.25) is 0 Å². The lowest BCUT2D eigenvalue weighted by atomic mass is 10.4. The Morgan fingerprint density at radius 1 is 1.44 bits per heavy atom. The second-order valence-corrected chi connectivity index (χ2v) is 3.53. The standard InChI is InChI=1S/C11H19N3O2/c1-5-16-10-6-8(2)13-11(14-10)12-7-9(3)15-4/h6,9H,5,7H2,1-4H3,(H,12,13,14). The number of rotatable bonds is 6. The van der Waals surface area contributed by atoms with E-state index in [-0.39, 0.29) is 6.10 Å². The van der Waals surface area contributed by atoms with Gasteiger partial charge in [-0.25, -0.2) is 4.98 Å². The lowest BCUT2D eigenvalue weighted by molar-refractivity contribution is 0.128. The number of anilines is 1. The minimum absolute atomic E-state index is 0.125. The summed E-state index contributed by atoms with van der Waals surface area (Å²) in [6, 6.07) is 1.81. The van der Waals surface area contributed by atoms with Crippen LogP contribution in [0.5, 0.6) is 5.88 Å². The summed E-state index contributed by atoms with van der Waals surface area (Å²) in [4.78, 5) is 8.49. The average Bonchev–Trinajstić information content (AvgIpc) is 2.25. The predicted molar refractivity (Wildman–Crippen MR) is 62.9 cm³/mol. The van der Waals surface area contributed by atoms with E-state index in [1.807, 2.05) is 26.8 Å². The van der Waals surface area contributed by atoms with Crippen molar-refractivity contribution in [3.8, 4) is 5.88 Å². The van der Waals surface area contributed by atoms with Crippen LogP contribution >= 0.6 is 0 Å². The Morgan fingerprint density at radius 3 is 2.81 bits per heavy atom. The monoisotopic (exact) mass is 225 g/mol. The molecule has 1 rings (SSSR count). The summed E-state index contributed by atoms with van der Waals surface area (Å²) in [5, 5.41) is 3.11. The number of methoxy groups -OCH3 is 1. The van der Waals surface area contributed by atoms with Crippen LogP contribution in [0.1, 0.15) is 19.5 Å². The van der Waals surface area contributed by atoms with E-state index in [0.29, 0.717) is 25.0 Å². The molecule has 0 saturated heterocycles. The number of nitrogens with one attached hydrogen (secondary N) is 1. The van der Waals surface area contributed by atoms with Crippen LogP contribution in [-0.4, -0.2) is 36.3 Å². The Labute approximate surface area is 96.2 Å². The van der Waals surface area contributed by atoms with Crippen LogP contribution < -0.4 is 10.1 Å². The van der Waals surface area contributed by atoms with Gasteiger partial charge in [-0.1, -0.05) is 0 Å². The van der Waals surface area contributed by atoms with E-state index >= 15 is 0 Å². The van der Waals surface area contributed by atoms with Gasteiger partial charge in [0.25, 0.3) is 0 Å². The lowest BCUT2D eigenvalue weighted by Gasteiger charge is -2.11. The summed E-state index contributed by atoms with van der Waals surface area (Å²) >= 11 is 0. The number of hydrogen-bond donors (Lipinski definition) is 1. The third kappa shape index (κ3) is 4.02. The molecule has 0 aromatic carbocycles. The molecule has 1 aromatic heterocycles. The molecule has 0 saturated carbocycles. The molecule has 1 aromatic rings. The summed E-state index contributed by atoms with van der Waals surface area (Å²) in [5.74, 6) is 1.18. The molecule has 5 nitrogen and oxygen atoms in total. The van der Waals surface area contributed by atoms with Gasteiger partial charge in [0.2, 0.25) is 11.8 Å². The van der Waals surface area contributed by atoms with Gasteiger partial charge in [0.15, 0.2) is 0 Å². The smallest absolute Gasteiger partial charge is 0.226 e. The maximum Gasteiger partial charge on any atom is 0.226 e. The molecular weight excluding hydrogens is 206 g/mol. The zero-order chi connectivity index (χ0) is 12.0. The molecule has 1 N–H and O–H groups in total. The van der Waals surface area contributed by atoms with Gasteiger partial charge in [-0.05, 0) is 20.8 Å². The highest BCUT2D eigenvalue weighted by molar-refractivity contribution is 5.30. The van der Waals surface area contributed by atoms with Crippen LogP contribution in [0.15, 0.2) is 6.07 Å². The molecule has 0 aliphatic heterocycles. The molecule has 0 fully saturated rings. The Hall–Kier alpha value is -1.36. The van der Waals surface area contributed by atoms with Crippen molar-refractivity contribution in [1.82, 2.24) is 9.97 Å². The van der Waals surface area contributed by atoms with Gasteiger partial charge < -0.3 is 14.8 Å². The number of nitrogens with zero attached hydrogens (tertiary/aromatic N) is 2. The summed E-state index contributed by atoms with van der Waals surface area (Å²) < 4.78 is 10.5. The summed E-state index contributed by atoms with van der Waals surface area (Å²) in [7, 11) is 1.68. The van der Waals surface area contributed by atoms with E-state index in [1.54, 1.807) is 7.11 Å². The van der Waals surface area contributed by atoms with Crippen LogP contribution in [0.4, 0.5) is 5.95 Å². The number of ether oxygens (including phenoxy) is 2. The highest BCUT2D eigenvalue weighted by Gasteiger charge is 2.04. The number of hydrogen-bond acceptors (Lipinski definition) is 5. The van der Waals surface area contributed by atoms with Crippen molar-refractivity contribution in [3.63, 3.8) is 0 Å². The topological polar surface area (TPSA) is 56.3 Å². The van der Waals surface area contributed by atoms with E-state index in [4.69, 9.17) is 9.47 Å². The highest BCUT2D eigenvalue weighted by Crippen LogP contribution is 2.11. The lowest BCUT2D eigenvalue weighted by Crippen LogP contribution is -2.19. The Balaban J connectivity index is 2.64. The van der Waals surface area contributed by atoms with Crippen molar-refractivity contribution < 1.29 is 9.47 Å². The predicted octanol–water partition coefficient (Wildman–Crippen LogP) is 1.63. The van der Waals surface area contributed by atoms with Crippen molar-refractivity contribution >= 4 is 5.95 Å². The zero-order valence-corrected chi connectivity index (χ0v) is 10.3. The van der Waals surface area contributed by atoms with Gasteiger partial charge >= 0.3 is 0 Å². The molecule has 0 aliphatic rings. The van der Waals surface area contributed by atoms with Crippen molar-refractivity contribution in [2.24, 2.45) is 0 Å². The molecule has 1 unspecified atom stereocenters. The fourth-order valence-electron chi connectivity index (χ4n) is 1.16. The van der Waals surface area contributed by atoms with E-state index in [1.165, 1.54) is 0 Å². The van der Waals surface area contributed by atoms with Crippen molar-refractivity contribution in [2.75, 3.05) is 25.6 Å². The minimum Gasteiger partial charge on any atom is -0.478 e. The maximum absolute atomic E-state index is 5.34. The van der Waals surface area contributed by atoms with Gasteiger partial charge in [-0.2, -0.15) is 4.98 Å². The molecule has 90 valence electrons. The first kappa shape index (κ1) is 12.7. The SMILES string of the molecule is CCOc1cc(C)nc(NCC(C)OC)n1. The van der Waals surface area contributed by atoms with Crippen molar-refractivity contribution in [3.05, 3.63) is 11.8 Å². The van der Waals surface area contributed by atoms with Gasteiger partial charge in [-0.15, -0.1) is 0 Å². The van der Waals surface area contributed by atoms with Gasteiger partial charge in [0, 0.05) is 25.4 Å². The number of aryl methyl sites for hydroxylation is 1. The maximum atomic E-state index is 5.34. The molecule has 1 atom stereocenters. The second kappa shape index (κ2) is 6.27. The first-order valence-electron chi connectivity index (χ1n) is 5.40. The molecule has 5 heteroatoms. The molecule has 0 aliphatic carbocycles. The van der Waals surface area contributed by atoms with Gasteiger partial charge in [-0.3, -0.25) is 0 Å². The highest BCUT2D eigenvalue weighted by atomic mass is 16.5. The summed E-state index contributed by atoms with van der Waals surface area (Å²) in [6.45, 7) is 7.09. The fraction of sp³-hybridized carbons (Fsp3) is 0.636. The van der Waals surface area contributed by atoms with Crippen LogP contribution in [0.3, 0.4) is 0 Å². The van der Waals surface area contributed by atoms with Crippen molar-refractivity contribution in [2.45, 2.75) is 26.9 Å². The van der Waals surface area contributed by atoms with E-state index < -0.39 is 0 Å².